The molecule has 0 bridgehead atoms. The molecule has 0 saturated heterocycles. The molecule has 0 aliphatic rings. The molecule has 4 N–H and O–H groups in total. The molecule has 3 aromatic heterocycles. The van der Waals surface area contributed by atoms with Crippen LogP contribution in [0.1, 0.15) is 56.8 Å². The molecule has 1 aromatic carbocycles. The van der Waals surface area contributed by atoms with Gasteiger partial charge in [0.05, 0.1) is 28.1 Å². The first-order valence-corrected chi connectivity index (χ1v) is 12.7. The standard InChI is InChI=1S/C27H35N5O2S/c1-17(26(2,3)4)29-14-18-7-8-21-20(13-18)30-25(32(21)16-27(5,6)34)31-24(33)23-10-9-22(35-23)19-11-12-28-15-19/h7-13,15,17,28-29,34H,14,16H2,1-6H3,(H,30,31,33)/t17-/m0/s1. The Morgan fingerprint density at radius 1 is 1.17 bits per heavy atom. The van der Waals surface area contributed by atoms with Crippen LogP contribution in [-0.4, -0.2) is 37.2 Å². The summed E-state index contributed by atoms with van der Waals surface area (Å²) in [6.45, 7) is 13.4. The van der Waals surface area contributed by atoms with Gasteiger partial charge in [-0.15, -0.1) is 11.3 Å². The molecule has 3 heterocycles. The predicted octanol–water partition coefficient (Wildman–Crippen LogP) is 5.64. The molecule has 0 spiro atoms. The molecule has 0 unspecified atom stereocenters. The van der Waals surface area contributed by atoms with Crippen LogP contribution in [0, 0.1) is 5.41 Å². The van der Waals surface area contributed by atoms with E-state index in [-0.39, 0.29) is 11.3 Å². The quantitative estimate of drug-likeness (QED) is 0.255. The number of carbonyl (C=O) groups excluding carboxylic acids is 1. The minimum Gasteiger partial charge on any atom is -0.389 e. The van der Waals surface area contributed by atoms with E-state index in [2.05, 4.69) is 49.4 Å². The van der Waals surface area contributed by atoms with Gasteiger partial charge >= 0.3 is 0 Å². The van der Waals surface area contributed by atoms with Crippen LogP contribution in [0.3, 0.4) is 0 Å². The topological polar surface area (TPSA) is 95.0 Å². The number of hydrogen-bond acceptors (Lipinski definition) is 5. The fourth-order valence-corrected chi connectivity index (χ4v) is 4.66. The Bertz CT molecular complexity index is 1310. The van der Waals surface area contributed by atoms with Gasteiger partial charge in [0.2, 0.25) is 5.95 Å². The average molecular weight is 494 g/mol. The number of nitrogens with zero attached hydrogens (tertiary/aromatic N) is 2. The summed E-state index contributed by atoms with van der Waals surface area (Å²) in [6.07, 6.45) is 3.77. The average Bonchev–Trinajstić information content (AvgIpc) is 3.51. The third-order valence-electron chi connectivity index (χ3n) is 6.21. The number of benzene rings is 1. The van der Waals surface area contributed by atoms with E-state index >= 15 is 0 Å². The fourth-order valence-electron chi connectivity index (χ4n) is 3.76. The zero-order valence-electron chi connectivity index (χ0n) is 21.3. The summed E-state index contributed by atoms with van der Waals surface area (Å²) >= 11 is 1.43. The normalized spacial score (nSPS) is 13.3. The Morgan fingerprint density at radius 3 is 2.60 bits per heavy atom. The first-order chi connectivity index (χ1) is 16.4. The Morgan fingerprint density at radius 2 is 1.94 bits per heavy atom. The number of fused-ring (bicyclic) bond motifs is 1. The van der Waals surface area contributed by atoms with Gasteiger partial charge in [0.25, 0.3) is 5.91 Å². The predicted molar refractivity (Wildman–Crippen MR) is 144 cm³/mol. The number of rotatable bonds is 8. The minimum atomic E-state index is -0.972. The maximum Gasteiger partial charge on any atom is 0.268 e. The van der Waals surface area contributed by atoms with E-state index < -0.39 is 5.60 Å². The van der Waals surface area contributed by atoms with E-state index in [1.807, 2.05) is 47.3 Å². The SMILES string of the molecule is C[C@H](NCc1ccc2c(c1)nc(NC(=O)c1ccc(-c3cc[nH]c3)s1)n2CC(C)(C)O)C(C)(C)C. The van der Waals surface area contributed by atoms with Crippen LogP contribution in [-0.2, 0) is 13.1 Å². The van der Waals surface area contributed by atoms with Gasteiger partial charge in [0, 0.05) is 35.4 Å². The maximum atomic E-state index is 13.1. The number of imidazole rings is 1. The second-order valence-electron chi connectivity index (χ2n) is 10.8. The van der Waals surface area contributed by atoms with E-state index in [4.69, 9.17) is 4.98 Å². The Balaban J connectivity index is 1.60. The van der Waals surface area contributed by atoms with Crippen molar-refractivity contribution < 1.29 is 9.90 Å². The lowest BCUT2D eigenvalue weighted by Crippen LogP contribution is -2.37. The zero-order chi connectivity index (χ0) is 25.4. The third kappa shape index (κ3) is 6.01. The van der Waals surface area contributed by atoms with E-state index in [1.54, 1.807) is 13.8 Å². The first-order valence-electron chi connectivity index (χ1n) is 11.9. The van der Waals surface area contributed by atoms with Crippen LogP contribution in [0.5, 0.6) is 0 Å². The summed E-state index contributed by atoms with van der Waals surface area (Å²) in [5.41, 5.74) is 3.01. The highest BCUT2D eigenvalue weighted by molar-refractivity contribution is 7.17. The Labute approximate surface area is 210 Å². The number of carbonyl (C=O) groups is 1. The van der Waals surface area contributed by atoms with Crippen molar-refractivity contribution >= 4 is 34.2 Å². The summed E-state index contributed by atoms with van der Waals surface area (Å²) in [7, 11) is 0. The van der Waals surface area contributed by atoms with Gasteiger partial charge in [-0.3, -0.25) is 10.1 Å². The summed E-state index contributed by atoms with van der Waals surface area (Å²) < 4.78 is 1.88. The lowest BCUT2D eigenvalue weighted by molar-refractivity contribution is 0.0630. The highest BCUT2D eigenvalue weighted by Crippen LogP contribution is 2.29. The molecule has 7 nitrogen and oxygen atoms in total. The monoisotopic (exact) mass is 493 g/mol. The van der Waals surface area contributed by atoms with Gasteiger partial charge < -0.3 is 20.0 Å². The van der Waals surface area contributed by atoms with Crippen molar-refractivity contribution in [3.63, 3.8) is 0 Å². The van der Waals surface area contributed by atoms with Gasteiger partial charge in [-0.25, -0.2) is 4.98 Å². The van der Waals surface area contributed by atoms with Crippen LogP contribution < -0.4 is 10.6 Å². The van der Waals surface area contributed by atoms with Crippen LogP contribution in [0.4, 0.5) is 5.95 Å². The van der Waals surface area contributed by atoms with Crippen LogP contribution in [0.15, 0.2) is 48.8 Å². The maximum absolute atomic E-state index is 13.1. The van der Waals surface area contributed by atoms with Crippen LogP contribution in [0.2, 0.25) is 0 Å². The number of anilines is 1. The number of thiophene rings is 1. The molecular weight excluding hydrogens is 458 g/mol. The molecule has 186 valence electrons. The molecular formula is C27H35N5O2S. The Kier molecular flexibility index (Phi) is 6.90. The van der Waals surface area contributed by atoms with Crippen molar-refractivity contribution in [1.82, 2.24) is 19.9 Å². The van der Waals surface area contributed by atoms with Crippen molar-refractivity contribution in [3.8, 4) is 10.4 Å². The molecule has 0 fully saturated rings. The third-order valence-corrected chi connectivity index (χ3v) is 7.34. The van der Waals surface area contributed by atoms with E-state index in [1.165, 1.54) is 11.3 Å². The number of hydrogen-bond donors (Lipinski definition) is 4. The molecule has 4 rings (SSSR count). The summed E-state index contributed by atoms with van der Waals surface area (Å²) in [6, 6.07) is 12.2. The molecule has 35 heavy (non-hydrogen) atoms. The molecule has 4 aromatic rings. The number of aromatic amines is 1. The van der Waals surface area contributed by atoms with E-state index in [0.717, 1.165) is 33.6 Å². The lowest BCUT2D eigenvalue weighted by atomic mass is 9.88. The molecule has 0 aliphatic heterocycles. The second-order valence-corrected chi connectivity index (χ2v) is 11.9. The van der Waals surface area contributed by atoms with Crippen molar-refractivity contribution in [2.75, 3.05) is 5.32 Å². The minimum absolute atomic E-state index is 0.165. The van der Waals surface area contributed by atoms with Crippen molar-refractivity contribution in [3.05, 3.63) is 59.2 Å². The Hall–Kier alpha value is -2.94. The van der Waals surface area contributed by atoms with Gasteiger partial charge in [-0.1, -0.05) is 26.8 Å². The molecule has 1 atom stereocenters. The number of aliphatic hydroxyl groups is 1. The van der Waals surface area contributed by atoms with Crippen molar-refractivity contribution in [2.24, 2.45) is 5.41 Å². The van der Waals surface area contributed by atoms with Crippen molar-refractivity contribution in [1.29, 1.82) is 0 Å². The van der Waals surface area contributed by atoms with Gasteiger partial charge in [-0.05, 0) is 62.1 Å². The van der Waals surface area contributed by atoms with E-state index in [0.29, 0.717) is 23.4 Å². The number of amides is 1. The summed E-state index contributed by atoms with van der Waals surface area (Å²) in [5.74, 6) is 0.210. The van der Waals surface area contributed by atoms with Crippen molar-refractivity contribution in [2.45, 2.75) is 66.3 Å². The van der Waals surface area contributed by atoms with Gasteiger partial charge in [0.15, 0.2) is 0 Å². The lowest BCUT2D eigenvalue weighted by Gasteiger charge is -2.28. The number of aromatic nitrogens is 3. The smallest absolute Gasteiger partial charge is 0.268 e. The van der Waals surface area contributed by atoms with Gasteiger partial charge in [-0.2, -0.15) is 0 Å². The van der Waals surface area contributed by atoms with Gasteiger partial charge in [0.1, 0.15) is 0 Å². The molecule has 1 amide bonds. The zero-order valence-corrected chi connectivity index (χ0v) is 22.1. The molecule has 0 saturated carbocycles. The molecule has 8 heteroatoms. The number of nitrogens with one attached hydrogen (secondary N) is 3. The summed E-state index contributed by atoms with van der Waals surface area (Å²) in [4.78, 5) is 22.5. The first kappa shape index (κ1) is 25.2. The molecule has 0 radical (unpaired) electrons. The van der Waals surface area contributed by atoms with Crippen LogP contribution in [0.25, 0.3) is 21.5 Å². The molecule has 0 aliphatic carbocycles. The number of H-pyrrole nitrogens is 1. The largest absolute Gasteiger partial charge is 0.389 e. The highest BCUT2D eigenvalue weighted by Gasteiger charge is 2.22. The highest BCUT2D eigenvalue weighted by atomic mass is 32.1. The second kappa shape index (κ2) is 9.60. The summed E-state index contributed by atoms with van der Waals surface area (Å²) in [5, 5.41) is 17.1. The van der Waals surface area contributed by atoms with E-state index in [9.17, 15) is 9.90 Å². The fraction of sp³-hybridized carbons (Fsp3) is 0.407. The van der Waals surface area contributed by atoms with Crippen LogP contribution >= 0.6 is 11.3 Å².